The number of sulfonamides is 1. The molecule has 0 radical (unpaired) electrons. The Balaban J connectivity index is 2.90. The summed E-state index contributed by atoms with van der Waals surface area (Å²) in [5, 5.41) is 26.0. The lowest BCUT2D eigenvalue weighted by Crippen LogP contribution is -2.47. The monoisotopic (exact) mass is 554 g/mol. The van der Waals surface area contributed by atoms with Gasteiger partial charge in [0.25, 0.3) is 5.69 Å². The topological polar surface area (TPSA) is 149 Å². The number of halogens is 5. The van der Waals surface area contributed by atoms with E-state index >= 15 is 0 Å². The molecule has 15 heteroatoms. The minimum Gasteiger partial charge on any atom is -0.351 e. The van der Waals surface area contributed by atoms with E-state index in [1.165, 1.54) is 0 Å². The van der Waals surface area contributed by atoms with Crippen molar-refractivity contribution < 1.29 is 35.6 Å². The zero-order chi connectivity index (χ0) is 25.4. The van der Waals surface area contributed by atoms with Gasteiger partial charge in [0, 0.05) is 11.1 Å². The molecule has 9 nitrogen and oxygen atoms in total. The van der Waals surface area contributed by atoms with Crippen LogP contribution in [0.4, 0.5) is 23.2 Å². The van der Waals surface area contributed by atoms with Gasteiger partial charge in [0.05, 0.1) is 23.1 Å². The zero-order valence-electron chi connectivity index (χ0n) is 16.9. The minimum atomic E-state index is -5.17. The van der Waals surface area contributed by atoms with Crippen molar-refractivity contribution in [2.24, 2.45) is 5.14 Å². The lowest BCUT2D eigenvalue weighted by atomic mass is 9.76. The van der Waals surface area contributed by atoms with Crippen LogP contribution in [0.5, 0.6) is 0 Å². The molecule has 0 saturated heterocycles. The Morgan fingerprint density at radius 3 is 2.39 bits per heavy atom. The average molecular weight is 555 g/mol. The summed E-state index contributed by atoms with van der Waals surface area (Å²) in [7, 11) is -4.66. The Labute approximate surface area is 193 Å². The number of ether oxygens (including phenoxy) is 1. The highest BCUT2D eigenvalue weighted by Gasteiger charge is 2.55. The molecule has 0 saturated carbocycles. The number of nitro benzene ring substituents is 1. The summed E-state index contributed by atoms with van der Waals surface area (Å²) in [6.45, 7) is 0.418. The van der Waals surface area contributed by atoms with Crippen molar-refractivity contribution in [3.63, 3.8) is 0 Å². The maximum atomic E-state index is 14.8. The second-order valence-electron chi connectivity index (χ2n) is 7.20. The lowest BCUT2D eigenvalue weighted by Gasteiger charge is -2.34. The van der Waals surface area contributed by atoms with Crippen LogP contribution in [0.25, 0.3) is 0 Å². The van der Waals surface area contributed by atoms with Gasteiger partial charge in [-0.25, -0.2) is 22.9 Å². The molecule has 178 valence electrons. The van der Waals surface area contributed by atoms with Crippen LogP contribution < -0.4 is 5.14 Å². The molecule has 0 aliphatic heterocycles. The van der Waals surface area contributed by atoms with Gasteiger partial charge in [-0.3, -0.25) is 10.1 Å². The third-order valence-corrected chi connectivity index (χ3v) is 6.28. The molecule has 0 aliphatic carbocycles. The van der Waals surface area contributed by atoms with E-state index < -0.39 is 66.3 Å². The summed E-state index contributed by atoms with van der Waals surface area (Å²) < 4.78 is 83.9. The molecule has 1 aromatic heterocycles. The lowest BCUT2D eigenvalue weighted by molar-refractivity contribution is -0.389. The average Bonchev–Trinajstić information content (AvgIpc) is 2.71. The number of primary sulfonamides is 1. The number of hydrogen-bond donors (Lipinski definition) is 1. The van der Waals surface area contributed by atoms with Crippen molar-refractivity contribution in [3.05, 3.63) is 62.1 Å². The quantitative estimate of drug-likeness (QED) is 0.237. The van der Waals surface area contributed by atoms with Crippen LogP contribution >= 0.6 is 15.9 Å². The number of nitrogens with zero attached hydrogens (tertiary/aromatic N) is 3. The van der Waals surface area contributed by atoms with Gasteiger partial charge in [-0.05, 0) is 41.9 Å². The van der Waals surface area contributed by atoms with Crippen molar-refractivity contribution in [3.8, 4) is 6.07 Å². The second kappa shape index (κ2) is 8.93. The maximum absolute atomic E-state index is 14.8. The molecule has 1 heterocycles. The van der Waals surface area contributed by atoms with E-state index in [-0.39, 0.29) is 4.60 Å². The van der Waals surface area contributed by atoms with Gasteiger partial charge in [-0.2, -0.15) is 18.4 Å². The van der Waals surface area contributed by atoms with Crippen molar-refractivity contribution in [1.82, 2.24) is 4.98 Å². The third-order valence-electron chi connectivity index (χ3n) is 4.90. The van der Waals surface area contributed by atoms with Crippen LogP contribution in [-0.2, 0) is 20.2 Å². The normalized spacial score (nSPS) is 15.8. The SMILES string of the molecule is CC(CO[C@](C)(C#N)C(F)(F)F)(c1cc(Br)ncc1F)c1cccc(S(N)(=O)=O)c1[N+](=O)[O-]. The number of benzene rings is 1. The highest BCUT2D eigenvalue weighted by Crippen LogP contribution is 2.43. The van der Waals surface area contributed by atoms with Crippen LogP contribution in [0.3, 0.4) is 0 Å². The largest absolute Gasteiger partial charge is 0.430 e. The molecule has 33 heavy (non-hydrogen) atoms. The predicted octanol–water partition coefficient (Wildman–Crippen LogP) is 3.71. The van der Waals surface area contributed by atoms with Gasteiger partial charge in [0.2, 0.25) is 15.6 Å². The number of para-hydroxylation sites is 1. The summed E-state index contributed by atoms with van der Waals surface area (Å²) in [5.74, 6) is -1.08. The Morgan fingerprint density at radius 1 is 1.30 bits per heavy atom. The summed E-state index contributed by atoms with van der Waals surface area (Å²) in [5.41, 5.74) is -7.48. The van der Waals surface area contributed by atoms with E-state index in [0.29, 0.717) is 13.1 Å². The molecule has 0 fully saturated rings. The Hall–Kier alpha value is -2.67. The number of hydrogen-bond acceptors (Lipinski definition) is 7. The molecule has 0 spiro atoms. The fourth-order valence-electron chi connectivity index (χ4n) is 2.99. The van der Waals surface area contributed by atoms with Crippen LogP contribution in [0.2, 0.25) is 0 Å². The number of nitriles is 1. The Kier molecular flexibility index (Phi) is 7.20. The van der Waals surface area contributed by atoms with Gasteiger partial charge in [0.15, 0.2) is 4.90 Å². The third kappa shape index (κ3) is 5.13. The highest BCUT2D eigenvalue weighted by atomic mass is 79.9. The smallest absolute Gasteiger partial charge is 0.351 e. The highest BCUT2D eigenvalue weighted by molar-refractivity contribution is 9.10. The summed E-state index contributed by atoms with van der Waals surface area (Å²) in [6, 6.07) is 4.94. The molecule has 2 N–H and O–H groups in total. The summed E-state index contributed by atoms with van der Waals surface area (Å²) in [4.78, 5) is 13.4. The first-order valence-electron chi connectivity index (χ1n) is 8.72. The molecule has 0 aliphatic rings. The fraction of sp³-hybridized carbons (Fsp3) is 0.333. The maximum Gasteiger partial charge on any atom is 0.430 e. The van der Waals surface area contributed by atoms with Crippen LogP contribution in [0.15, 0.2) is 40.0 Å². The first-order chi connectivity index (χ1) is 15.0. The molecule has 2 rings (SSSR count). The van der Waals surface area contributed by atoms with Crippen LogP contribution in [0.1, 0.15) is 25.0 Å². The predicted molar refractivity (Wildman–Crippen MR) is 109 cm³/mol. The van der Waals surface area contributed by atoms with Crippen LogP contribution in [-0.4, -0.2) is 36.7 Å². The van der Waals surface area contributed by atoms with E-state index in [4.69, 9.17) is 15.1 Å². The fourth-order valence-corrected chi connectivity index (χ4v) is 4.04. The molecule has 0 bridgehead atoms. The van der Waals surface area contributed by atoms with Gasteiger partial charge in [-0.15, -0.1) is 0 Å². The molecule has 1 unspecified atom stereocenters. The Morgan fingerprint density at radius 2 is 1.91 bits per heavy atom. The second-order valence-corrected chi connectivity index (χ2v) is 9.55. The first kappa shape index (κ1) is 26.6. The van der Waals surface area contributed by atoms with Crippen molar-refractivity contribution in [1.29, 1.82) is 5.26 Å². The Bertz CT molecular complexity index is 1250. The number of nitro groups is 1. The standard InChI is InChI=1S/C18H15BrF4N4O5S/c1-16(11-6-14(19)26-7-12(11)20,9-32-17(2,8-24)18(21,22)23)10-4-3-5-13(33(25,30)31)15(10)27(28)29/h3-7H,9H2,1-2H3,(H2,25,30,31)/t16?,17-/m1/s1. The zero-order valence-corrected chi connectivity index (χ0v) is 19.3. The van der Waals surface area contributed by atoms with Crippen LogP contribution in [0, 0.1) is 27.3 Å². The number of rotatable bonds is 7. The van der Waals surface area contributed by atoms with Gasteiger partial charge in [-0.1, -0.05) is 12.1 Å². The molecule has 1 aromatic carbocycles. The van der Waals surface area contributed by atoms with E-state index in [1.807, 2.05) is 0 Å². The van der Waals surface area contributed by atoms with Gasteiger partial charge >= 0.3 is 6.18 Å². The molecule has 2 aromatic rings. The molecular weight excluding hydrogens is 540 g/mol. The van der Waals surface area contributed by atoms with E-state index in [2.05, 4.69) is 20.9 Å². The molecule has 0 amide bonds. The number of alkyl halides is 3. The van der Waals surface area contributed by atoms with E-state index in [0.717, 1.165) is 37.3 Å². The van der Waals surface area contributed by atoms with Crippen molar-refractivity contribution in [2.75, 3.05) is 6.61 Å². The van der Waals surface area contributed by atoms with E-state index in [1.54, 1.807) is 0 Å². The summed E-state index contributed by atoms with van der Waals surface area (Å²) in [6.07, 6.45) is -4.46. The number of pyridine rings is 1. The molecular formula is C18H15BrF4N4O5S. The van der Waals surface area contributed by atoms with Gasteiger partial charge < -0.3 is 4.74 Å². The van der Waals surface area contributed by atoms with E-state index in [9.17, 15) is 36.1 Å². The van der Waals surface area contributed by atoms with Gasteiger partial charge in [0.1, 0.15) is 16.5 Å². The molecule has 2 atom stereocenters. The number of aromatic nitrogens is 1. The minimum absolute atomic E-state index is 0.0224. The van der Waals surface area contributed by atoms with Crippen molar-refractivity contribution in [2.45, 2.75) is 35.9 Å². The first-order valence-corrected chi connectivity index (χ1v) is 11.1. The number of nitrogens with two attached hydrogens (primary N) is 1. The van der Waals surface area contributed by atoms with Crippen molar-refractivity contribution >= 4 is 31.6 Å². The summed E-state index contributed by atoms with van der Waals surface area (Å²) >= 11 is 2.99.